The van der Waals surface area contributed by atoms with Gasteiger partial charge in [-0.25, -0.2) is 0 Å². The van der Waals surface area contributed by atoms with Crippen molar-refractivity contribution in [2.75, 3.05) is 6.61 Å². The number of allylic oxidation sites excluding steroid dienone is 1. The zero-order valence-corrected chi connectivity index (χ0v) is 15.0. The summed E-state index contributed by atoms with van der Waals surface area (Å²) in [6, 6.07) is 3.80. The molecule has 1 N–H and O–H groups in total. The van der Waals surface area contributed by atoms with Gasteiger partial charge in [-0.15, -0.1) is 0 Å². The molecule has 0 bridgehead atoms. The molecule has 0 atom stereocenters. The molecule has 0 heterocycles. The second-order valence-electron chi connectivity index (χ2n) is 6.66. The van der Waals surface area contributed by atoms with Crippen LogP contribution in [0.4, 0.5) is 13.2 Å². The van der Waals surface area contributed by atoms with Crippen LogP contribution >= 0.6 is 0 Å². The Kier molecular flexibility index (Phi) is 7.12. The molecule has 0 unspecified atom stereocenters. The number of benzene rings is 1. The molecule has 6 heteroatoms. The maximum absolute atomic E-state index is 13.3. The number of carbonyl (C=O) groups is 1. The lowest BCUT2D eigenvalue weighted by Gasteiger charge is -2.15. The quantitative estimate of drug-likeness (QED) is 0.561. The highest BCUT2D eigenvalue weighted by Crippen LogP contribution is 2.36. The Morgan fingerprint density at radius 2 is 1.92 bits per heavy atom. The molecule has 0 aromatic heterocycles. The van der Waals surface area contributed by atoms with Gasteiger partial charge in [0.25, 0.3) is 0 Å². The highest BCUT2D eigenvalue weighted by atomic mass is 19.4. The molecule has 0 radical (unpaired) electrons. The Labute approximate surface area is 151 Å². The van der Waals surface area contributed by atoms with Gasteiger partial charge >= 0.3 is 12.1 Å². The summed E-state index contributed by atoms with van der Waals surface area (Å²) in [6.45, 7) is 2.46. The summed E-state index contributed by atoms with van der Waals surface area (Å²) < 4.78 is 45.5. The average Bonchev–Trinajstić information content (AvgIpc) is 3.03. The van der Waals surface area contributed by atoms with Gasteiger partial charge in [-0.1, -0.05) is 25.0 Å². The molecule has 1 aliphatic rings. The summed E-state index contributed by atoms with van der Waals surface area (Å²) in [5.74, 6) is -0.947. The van der Waals surface area contributed by atoms with Gasteiger partial charge in [0.05, 0.1) is 5.56 Å². The third kappa shape index (κ3) is 5.78. The van der Waals surface area contributed by atoms with E-state index in [1.807, 2.05) is 0 Å². The summed E-state index contributed by atoms with van der Waals surface area (Å²) in [5, 5.41) is 8.70. The Bertz CT molecular complexity index is 663. The van der Waals surface area contributed by atoms with Crippen LogP contribution in [0.25, 0.3) is 0 Å². The monoisotopic (exact) mass is 370 g/mol. The molecule has 0 saturated carbocycles. The van der Waals surface area contributed by atoms with Gasteiger partial charge in [0.2, 0.25) is 0 Å². The third-order valence-electron chi connectivity index (χ3n) is 4.70. The summed E-state index contributed by atoms with van der Waals surface area (Å²) in [4.78, 5) is 10.6. The maximum Gasteiger partial charge on any atom is 0.416 e. The Morgan fingerprint density at radius 1 is 1.19 bits per heavy atom. The van der Waals surface area contributed by atoms with E-state index in [0.717, 1.165) is 44.6 Å². The minimum atomic E-state index is -4.54. The molecule has 1 aliphatic carbocycles. The number of hydrogen-bond acceptors (Lipinski definition) is 2. The van der Waals surface area contributed by atoms with E-state index in [1.165, 1.54) is 23.3 Å². The van der Waals surface area contributed by atoms with Crippen LogP contribution in [-0.2, 0) is 17.4 Å². The van der Waals surface area contributed by atoms with Gasteiger partial charge in [-0.3, -0.25) is 4.79 Å². The number of rotatable bonds is 9. The molecule has 0 spiro atoms. The van der Waals surface area contributed by atoms with Crippen molar-refractivity contribution < 1.29 is 27.8 Å². The van der Waals surface area contributed by atoms with Crippen molar-refractivity contribution in [1.82, 2.24) is 0 Å². The topological polar surface area (TPSA) is 46.5 Å². The van der Waals surface area contributed by atoms with Crippen LogP contribution in [0.1, 0.15) is 63.0 Å². The van der Waals surface area contributed by atoms with E-state index >= 15 is 0 Å². The summed E-state index contributed by atoms with van der Waals surface area (Å²) in [7, 11) is 0. The van der Waals surface area contributed by atoms with Gasteiger partial charge in [-0.05, 0) is 61.8 Å². The lowest BCUT2D eigenvalue weighted by molar-refractivity contribution is -0.140. The standard InChI is InChI=1S/C20H25F3O3/c1-2-3-5-14-6-4-7-16(14)13-26-17-10-8-15(9-11-19(24)25)18(12-17)20(21,22)23/h8,10,12H,2-7,9,11,13H2,1H3,(H,24,25). The number of alkyl halides is 3. The normalized spacial score (nSPS) is 14.8. The predicted molar refractivity (Wildman–Crippen MR) is 93.3 cm³/mol. The number of unbranched alkanes of at least 4 members (excludes halogenated alkanes) is 1. The first-order valence-electron chi connectivity index (χ1n) is 9.05. The maximum atomic E-state index is 13.3. The van der Waals surface area contributed by atoms with Crippen molar-refractivity contribution in [3.8, 4) is 5.75 Å². The molecule has 0 fully saturated rings. The summed E-state index contributed by atoms with van der Waals surface area (Å²) in [6.07, 6.45) is 1.33. The molecule has 0 aliphatic heterocycles. The van der Waals surface area contributed by atoms with E-state index < -0.39 is 17.7 Å². The molecule has 26 heavy (non-hydrogen) atoms. The van der Waals surface area contributed by atoms with E-state index in [-0.39, 0.29) is 24.2 Å². The smallest absolute Gasteiger partial charge is 0.416 e. The first-order chi connectivity index (χ1) is 12.3. The fourth-order valence-electron chi connectivity index (χ4n) is 3.27. The van der Waals surface area contributed by atoms with E-state index in [4.69, 9.17) is 9.84 Å². The van der Waals surface area contributed by atoms with Crippen LogP contribution in [-0.4, -0.2) is 17.7 Å². The van der Waals surface area contributed by atoms with Gasteiger partial charge in [0.1, 0.15) is 12.4 Å². The number of halogens is 3. The van der Waals surface area contributed by atoms with Crippen LogP contribution in [0, 0.1) is 0 Å². The average molecular weight is 370 g/mol. The van der Waals surface area contributed by atoms with E-state index in [1.54, 1.807) is 0 Å². The van der Waals surface area contributed by atoms with Gasteiger partial charge in [-0.2, -0.15) is 13.2 Å². The zero-order chi connectivity index (χ0) is 19.2. The predicted octanol–water partition coefficient (Wildman–Crippen LogP) is 5.77. The Hall–Kier alpha value is -1.98. The zero-order valence-electron chi connectivity index (χ0n) is 15.0. The number of hydrogen-bond donors (Lipinski definition) is 1. The van der Waals surface area contributed by atoms with Crippen molar-refractivity contribution >= 4 is 5.97 Å². The largest absolute Gasteiger partial charge is 0.489 e. The molecular weight excluding hydrogens is 345 g/mol. The van der Waals surface area contributed by atoms with Crippen molar-refractivity contribution in [1.29, 1.82) is 0 Å². The molecular formula is C20H25F3O3. The Morgan fingerprint density at radius 3 is 2.58 bits per heavy atom. The number of aryl methyl sites for hydroxylation is 1. The Balaban J connectivity index is 2.11. The summed E-state index contributed by atoms with van der Waals surface area (Å²) in [5.41, 5.74) is 1.77. The minimum absolute atomic E-state index is 0.0176. The second kappa shape index (κ2) is 9.10. The van der Waals surface area contributed by atoms with Crippen molar-refractivity contribution in [3.63, 3.8) is 0 Å². The first-order valence-corrected chi connectivity index (χ1v) is 9.05. The summed E-state index contributed by atoms with van der Waals surface area (Å²) >= 11 is 0. The lowest BCUT2D eigenvalue weighted by atomic mass is 10.0. The number of ether oxygens (including phenoxy) is 1. The molecule has 0 amide bonds. The third-order valence-corrected chi connectivity index (χ3v) is 4.70. The van der Waals surface area contributed by atoms with Gasteiger partial charge < -0.3 is 9.84 Å². The SMILES string of the molecule is CCCCC1=C(COc2ccc(CCC(=O)O)c(C(F)(F)F)c2)CCC1. The van der Waals surface area contributed by atoms with Crippen LogP contribution in [0.15, 0.2) is 29.3 Å². The van der Waals surface area contributed by atoms with Crippen LogP contribution < -0.4 is 4.74 Å². The minimum Gasteiger partial charge on any atom is -0.489 e. The molecule has 2 rings (SSSR count). The van der Waals surface area contributed by atoms with Crippen molar-refractivity contribution in [2.24, 2.45) is 0 Å². The molecule has 3 nitrogen and oxygen atoms in total. The van der Waals surface area contributed by atoms with Gasteiger partial charge in [0, 0.05) is 6.42 Å². The molecule has 144 valence electrons. The highest BCUT2D eigenvalue weighted by Gasteiger charge is 2.33. The van der Waals surface area contributed by atoms with E-state index in [2.05, 4.69) is 6.92 Å². The fraction of sp³-hybridized carbons (Fsp3) is 0.550. The number of carboxylic acids is 1. The van der Waals surface area contributed by atoms with Crippen molar-refractivity contribution in [3.05, 3.63) is 40.5 Å². The highest BCUT2D eigenvalue weighted by molar-refractivity contribution is 5.67. The van der Waals surface area contributed by atoms with Gasteiger partial charge in [0.15, 0.2) is 0 Å². The number of aliphatic carboxylic acids is 1. The van der Waals surface area contributed by atoms with E-state index in [9.17, 15) is 18.0 Å². The van der Waals surface area contributed by atoms with E-state index in [0.29, 0.717) is 6.61 Å². The first kappa shape index (κ1) is 20.3. The van der Waals surface area contributed by atoms with Crippen molar-refractivity contribution in [2.45, 2.75) is 64.5 Å². The number of carboxylic acid groups (broad SMARTS) is 1. The van der Waals surface area contributed by atoms with Crippen LogP contribution in [0.2, 0.25) is 0 Å². The second-order valence-corrected chi connectivity index (χ2v) is 6.66. The molecule has 1 aromatic rings. The van der Waals surface area contributed by atoms with Crippen LogP contribution in [0.5, 0.6) is 5.75 Å². The molecule has 1 aromatic carbocycles. The molecule has 0 saturated heterocycles. The lowest BCUT2D eigenvalue weighted by Crippen LogP contribution is -2.11. The van der Waals surface area contributed by atoms with Crippen LogP contribution in [0.3, 0.4) is 0 Å². The fourth-order valence-corrected chi connectivity index (χ4v) is 3.27.